The quantitative estimate of drug-likeness (QED) is 0.285. The lowest BCUT2D eigenvalue weighted by Crippen LogP contribution is -2.27. The molecule has 0 fully saturated rings. The molecule has 7 rings (SSSR count). The van der Waals surface area contributed by atoms with Crippen LogP contribution in [0.5, 0.6) is 23.0 Å². The number of methoxy groups -OCH3 is 1. The number of aryl methyl sites for hydroxylation is 1. The highest BCUT2D eigenvalue weighted by molar-refractivity contribution is 6.07. The number of fused-ring (bicyclic) bond motifs is 6. The van der Waals surface area contributed by atoms with E-state index in [1.165, 1.54) is 11.7 Å². The fourth-order valence-electron chi connectivity index (χ4n) is 6.35. The molecule has 2 aliphatic carbocycles. The van der Waals surface area contributed by atoms with Gasteiger partial charge in [-0.25, -0.2) is 0 Å². The van der Waals surface area contributed by atoms with Gasteiger partial charge in [-0.05, 0) is 25.8 Å². The van der Waals surface area contributed by atoms with Crippen molar-refractivity contribution in [1.82, 2.24) is 4.57 Å². The third-order valence-electron chi connectivity index (χ3n) is 8.32. The maximum Gasteiger partial charge on any atom is 0.262 e. The molecule has 4 aromatic rings. The molecule has 1 unspecified atom stereocenters. The van der Waals surface area contributed by atoms with Crippen molar-refractivity contribution >= 4 is 21.7 Å². The lowest BCUT2D eigenvalue weighted by Gasteiger charge is -2.35. The molecule has 0 bridgehead atoms. The zero-order valence-electron chi connectivity index (χ0n) is 21.3. The Labute approximate surface area is 220 Å². The van der Waals surface area contributed by atoms with Gasteiger partial charge >= 0.3 is 0 Å². The van der Waals surface area contributed by atoms with E-state index in [0.29, 0.717) is 28.0 Å². The monoisotopic (exact) mass is 535 g/mol. The number of hydrogen-bond acceptors (Lipinski definition) is 10. The second kappa shape index (κ2) is 7.98. The van der Waals surface area contributed by atoms with Crippen LogP contribution in [0.1, 0.15) is 59.3 Å². The Kier molecular flexibility index (Phi) is 4.91. The average Bonchev–Trinajstić information content (AvgIpc) is 2.91. The Morgan fingerprint density at radius 3 is 2.49 bits per heavy atom. The van der Waals surface area contributed by atoms with Crippen LogP contribution in [0.3, 0.4) is 0 Å². The molecule has 2 aromatic carbocycles. The van der Waals surface area contributed by atoms with Crippen LogP contribution in [-0.4, -0.2) is 38.9 Å². The molecule has 202 valence electrons. The van der Waals surface area contributed by atoms with Gasteiger partial charge in [0.15, 0.2) is 18.1 Å². The Morgan fingerprint density at radius 1 is 1.03 bits per heavy atom. The SMILES string of the molecule is COc1c2c(c(O)c3c(=O)c4c(oc13)[C@@H](O)CC[C@@H]4O)-c1c3c(c4cc(C)n(C)c(=O)c4c1O)OCOC3C2. The number of ether oxygens (including phenoxy) is 3. The molecule has 0 saturated heterocycles. The maximum atomic E-state index is 13.7. The summed E-state index contributed by atoms with van der Waals surface area (Å²) in [5.74, 6) is -0.496. The number of phenolic OH excluding ortho intramolecular Hbond substituents is 2. The molecule has 0 saturated carbocycles. The summed E-state index contributed by atoms with van der Waals surface area (Å²) in [4.78, 5) is 27.1. The number of hydrogen-bond donors (Lipinski definition) is 4. The number of rotatable bonds is 1. The van der Waals surface area contributed by atoms with Crippen molar-refractivity contribution in [2.24, 2.45) is 7.05 Å². The summed E-state index contributed by atoms with van der Waals surface area (Å²) in [6.45, 7) is 1.67. The van der Waals surface area contributed by atoms with E-state index in [4.69, 9.17) is 18.6 Å². The normalized spacial score (nSPS) is 21.3. The van der Waals surface area contributed by atoms with Gasteiger partial charge < -0.3 is 43.6 Å². The van der Waals surface area contributed by atoms with Crippen LogP contribution >= 0.6 is 0 Å². The minimum Gasteiger partial charge on any atom is -0.506 e. The molecule has 39 heavy (non-hydrogen) atoms. The fourth-order valence-corrected chi connectivity index (χ4v) is 6.35. The molecular formula is C28H25NO10. The summed E-state index contributed by atoms with van der Waals surface area (Å²) in [6, 6.07) is 1.75. The van der Waals surface area contributed by atoms with Gasteiger partial charge in [0.05, 0.1) is 30.3 Å². The smallest absolute Gasteiger partial charge is 0.262 e. The van der Waals surface area contributed by atoms with Gasteiger partial charge in [0.2, 0.25) is 5.43 Å². The summed E-state index contributed by atoms with van der Waals surface area (Å²) < 4.78 is 24.9. The second-order valence-electron chi connectivity index (χ2n) is 10.3. The van der Waals surface area contributed by atoms with Crippen LogP contribution < -0.4 is 20.5 Å². The summed E-state index contributed by atoms with van der Waals surface area (Å²) in [6.07, 6.45) is -2.41. The van der Waals surface area contributed by atoms with Crippen LogP contribution in [0, 0.1) is 6.92 Å². The number of aromatic nitrogens is 1. The number of phenols is 2. The summed E-state index contributed by atoms with van der Waals surface area (Å²) >= 11 is 0. The van der Waals surface area contributed by atoms with Crippen LogP contribution in [0.2, 0.25) is 0 Å². The molecule has 3 heterocycles. The molecule has 0 spiro atoms. The number of nitrogens with zero attached hydrogens (tertiary/aromatic N) is 1. The van der Waals surface area contributed by atoms with Gasteiger partial charge in [-0.2, -0.15) is 0 Å². The average molecular weight is 536 g/mol. The van der Waals surface area contributed by atoms with E-state index in [1.54, 1.807) is 20.0 Å². The molecule has 4 N–H and O–H groups in total. The summed E-state index contributed by atoms with van der Waals surface area (Å²) in [5, 5.41) is 44.6. The van der Waals surface area contributed by atoms with E-state index in [9.17, 15) is 30.0 Å². The largest absolute Gasteiger partial charge is 0.506 e. The molecule has 2 aromatic heterocycles. The van der Waals surface area contributed by atoms with Crippen molar-refractivity contribution in [2.45, 2.75) is 44.5 Å². The van der Waals surface area contributed by atoms with Crippen molar-refractivity contribution in [2.75, 3.05) is 13.9 Å². The number of benzene rings is 2. The second-order valence-corrected chi connectivity index (χ2v) is 10.3. The summed E-state index contributed by atoms with van der Waals surface area (Å²) in [5.41, 5.74) is 0.276. The Morgan fingerprint density at radius 2 is 1.74 bits per heavy atom. The number of aliphatic hydroxyl groups is 2. The Bertz CT molecular complexity index is 1890. The van der Waals surface area contributed by atoms with E-state index in [-0.39, 0.29) is 76.4 Å². The van der Waals surface area contributed by atoms with Crippen molar-refractivity contribution in [1.29, 1.82) is 0 Å². The zero-order chi connectivity index (χ0) is 27.5. The van der Waals surface area contributed by atoms with Gasteiger partial charge in [0.1, 0.15) is 34.5 Å². The van der Waals surface area contributed by atoms with Gasteiger partial charge in [-0.3, -0.25) is 9.59 Å². The predicted molar refractivity (Wildman–Crippen MR) is 137 cm³/mol. The third-order valence-corrected chi connectivity index (χ3v) is 8.32. The number of aromatic hydroxyl groups is 2. The lowest BCUT2D eigenvalue weighted by atomic mass is 9.78. The van der Waals surface area contributed by atoms with Crippen LogP contribution in [0.15, 0.2) is 20.1 Å². The zero-order valence-corrected chi connectivity index (χ0v) is 21.3. The van der Waals surface area contributed by atoms with Crippen molar-refractivity contribution in [3.63, 3.8) is 0 Å². The first kappa shape index (κ1) is 24.0. The Balaban J connectivity index is 1.69. The first-order valence-corrected chi connectivity index (χ1v) is 12.6. The molecule has 3 atom stereocenters. The van der Waals surface area contributed by atoms with Crippen LogP contribution in [0.4, 0.5) is 0 Å². The maximum absolute atomic E-state index is 13.7. The first-order chi connectivity index (χ1) is 18.6. The van der Waals surface area contributed by atoms with Crippen molar-refractivity contribution in [3.8, 4) is 34.1 Å². The highest BCUT2D eigenvalue weighted by atomic mass is 16.7. The topological polar surface area (TPSA) is 161 Å². The van der Waals surface area contributed by atoms with E-state index in [2.05, 4.69) is 0 Å². The minimum absolute atomic E-state index is 0.000154. The standard InChI is InChI=1S/C28H25NO10/c1-9-6-10-16(28(35)29(9)2)22(33)19-15-11(7-14-18(19)24(10)38-8-37-14)25(36-3)27-20(21(15)32)23(34)17-12(30)4-5-13(31)26(17)39-27/h6,12-14,30-33H,4-5,7-8H2,1-3H3/t12-,13-,14?/m0/s1. The van der Waals surface area contributed by atoms with Gasteiger partial charge in [0.25, 0.3) is 5.56 Å². The molecular weight excluding hydrogens is 510 g/mol. The highest BCUT2D eigenvalue weighted by Crippen LogP contribution is 2.59. The van der Waals surface area contributed by atoms with Crippen LogP contribution in [0.25, 0.3) is 32.9 Å². The fraction of sp³-hybridized carbons (Fsp3) is 0.357. The van der Waals surface area contributed by atoms with E-state index >= 15 is 0 Å². The van der Waals surface area contributed by atoms with Gasteiger partial charge in [-0.15, -0.1) is 0 Å². The van der Waals surface area contributed by atoms with E-state index < -0.39 is 35.0 Å². The molecule has 0 radical (unpaired) electrons. The Hall–Kier alpha value is -4.06. The third kappa shape index (κ3) is 2.92. The lowest BCUT2D eigenvalue weighted by molar-refractivity contribution is -0.0587. The summed E-state index contributed by atoms with van der Waals surface area (Å²) in [7, 11) is 2.96. The van der Waals surface area contributed by atoms with Crippen LogP contribution in [-0.2, 0) is 18.2 Å². The van der Waals surface area contributed by atoms with Gasteiger partial charge in [0, 0.05) is 46.8 Å². The van der Waals surface area contributed by atoms with Crippen molar-refractivity contribution < 1.29 is 39.1 Å². The van der Waals surface area contributed by atoms with E-state index in [1.807, 2.05) is 0 Å². The molecule has 1 aliphatic heterocycles. The molecule has 3 aliphatic rings. The highest BCUT2D eigenvalue weighted by Gasteiger charge is 2.42. The van der Waals surface area contributed by atoms with E-state index in [0.717, 1.165) is 0 Å². The van der Waals surface area contributed by atoms with Gasteiger partial charge in [-0.1, -0.05) is 0 Å². The molecule has 0 amide bonds. The number of aliphatic hydroxyl groups excluding tert-OH is 2. The molecule has 11 heteroatoms. The molecule has 11 nitrogen and oxygen atoms in total. The number of pyridine rings is 1. The minimum atomic E-state index is -1.19. The predicted octanol–water partition coefficient (Wildman–Crippen LogP) is 2.86. The van der Waals surface area contributed by atoms with Crippen molar-refractivity contribution in [3.05, 3.63) is 54.8 Å². The first-order valence-electron chi connectivity index (χ1n) is 12.6.